The van der Waals surface area contributed by atoms with Crippen molar-refractivity contribution < 1.29 is 13.2 Å². The first-order chi connectivity index (χ1) is 9.77. The van der Waals surface area contributed by atoms with Crippen molar-refractivity contribution >= 4 is 21.6 Å². The molecule has 1 aromatic carbocycles. The first kappa shape index (κ1) is 15.8. The van der Waals surface area contributed by atoms with Gasteiger partial charge in [-0.1, -0.05) is 6.07 Å². The molecule has 0 saturated heterocycles. The molecular weight excluding hydrogens is 290 g/mol. The Morgan fingerprint density at radius 2 is 2.19 bits per heavy atom. The fraction of sp³-hybridized carbons (Fsp3) is 0.500. The second-order valence-corrected chi connectivity index (χ2v) is 7.58. The molecule has 1 aromatic rings. The van der Waals surface area contributed by atoms with Crippen LogP contribution in [0.3, 0.4) is 0 Å². The number of fused-ring (bicyclic) bond motifs is 1. The zero-order chi connectivity index (χ0) is 15.6. The summed E-state index contributed by atoms with van der Waals surface area (Å²) in [6, 6.07) is 5.63. The quantitative estimate of drug-likeness (QED) is 0.799. The molecule has 0 bridgehead atoms. The second-order valence-electron chi connectivity index (χ2n) is 5.49. The van der Waals surface area contributed by atoms with E-state index in [4.69, 9.17) is 5.73 Å². The van der Waals surface area contributed by atoms with Gasteiger partial charge in [0.1, 0.15) is 0 Å². The van der Waals surface area contributed by atoms with Crippen molar-refractivity contribution in [2.24, 2.45) is 0 Å². The Morgan fingerprint density at radius 3 is 2.86 bits per heavy atom. The predicted molar refractivity (Wildman–Crippen MR) is 82.1 cm³/mol. The summed E-state index contributed by atoms with van der Waals surface area (Å²) in [5.74, 6) is -0.294. The van der Waals surface area contributed by atoms with Crippen LogP contribution in [0.4, 0.5) is 5.69 Å². The normalized spacial score (nSPS) is 18.3. The monoisotopic (exact) mass is 311 g/mol. The summed E-state index contributed by atoms with van der Waals surface area (Å²) < 4.78 is 23.7. The van der Waals surface area contributed by atoms with Gasteiger partial charge in [-0.05, 0) is 42.5 Å². The summed E-state index contributed by atoms with van der Waals surface area (Å²) >= 11 is 0. The molecule has 0 fully saturated rings. The largest absolute Gasteiger partial charge is 0.399 e. The summed E-state index contributed by atoms with van der Waals surface area (Å²) in [6.07, 6.45) is 3.86. The van der Waals surface area contributed by atoms with Crippen LogP contribution >= 0.6 is 0 Å². The number of anilines is 1. The standard InChI is InChI=1S/C14H21N3O3S/c1-17(21(2,19)20)9-14(18)16-13-5-3-4-10-8-11(15)6-7-12(10)13/h6-8,13H,3-5,9,15H2,1-2H3,(H,16,18). The van der Waals surface area contributed by atoms with Crippen LogP contribution in [-0.4, -0.2) is 38.5 Å². The third-order valence-electron chi connectivity index (χ3n) is 3.75. The number of likely N-dealkylation sites (N-methyl/N-ethyl adjacent to an activating group) is 1. The van der Waals surface area contributed by atoms with Gasteiger partial charge in [0, 0.05) is 12.7 Å². The van der Waals surface area contributed by atoms with Gasteiger partial charge in [-0.25, -0.2) is 8.42 Å². The van der Waals surface area contributed by atoms with Crippen molar-refractivity contribution in [2.75, 3.05) is 25.6 Å². The van der Waals surface area contributed by atoms with E-state index in [1.807, 2.05) is 18.2 Å². The molecule has 3 N–H and O–H groups in total. The highest BCUT2D eigenvalue weighted by atomic mass is 32.2. The van der Waals surface area contributed by atoms with Gasteiger partial charge in [-0.2, -0.15) is 4.31 Å². The van der Waals surface area contributed by atoms with Crippen LogP contribution in [0, 0.1) is 0 Å². The van der Waals surface area contributed by atoms with E-state index in [0.717, 1.165) is 46.6 Å². The van der Waals surface area contributed by atoms with Gasteiger partial charge >= 0.3 is 0 Å². The number of carbonyl (C=O) groups is 1. The minimum atomic E-state index is -3.35. The van der Waals surface area contributed by atoms with E-state index < -0.39 is 10.0 Å². The third-order valence-corrected chi connectivity index (χ3v) is 5.01. The maximum absolute atomic E-state index is 12.0. The van der Waals surface area contributed by atoms with Crippen molar-refractivity contribution in [1.29, 1.82) is 0 Å². The van der Waals surface area contributed by atoms with Crippen molar-refractivity contribution in [2.45, 2.75) is 25.3 Å². The van der Waals surface area contributed by atoms with Crippen LogP contribution in [0.1, 0.15) is 30.0 Å². The molecule has 1 amide bonds. The van der Waals surface area contributed by atoms with Gasteiger partial charge < -0.3 is 11.1 Å². The fourth-order valence-electron chi connectivity index (χ4n) is 2.54. The van der Waals surface area contributed by atoms with E-state index in [2.05, 4.69) is 5.32 Å². The zero-order valence-corrected chi connectivity index (χ0v) is 13.1. The van der Waals surface area contributed by atoms with Crippen molar-refractivity contribution in [3.05, 3.63) is 29.3 Å². The summed E-state index contributed by atoms with van der Waals surface area (Å²) in [6.45, 7) is -0.167. The molecule has 0 radical (unpaired) electrons. The van der Waals surface area contributed by atoms with Gasteiger partial charge in [-0.15, -0.1) is 0 Å². The number of rotatable bonds is 4. The molecule has 0 spiro atoms. The molecule has 7 heteroatoms. The molecule has 1 unspecified atom stereocenters. The minimum Gasteiger partial charge on any atom is -0.399 e. The smallest absolute Gasteiger partial charge is 0.235 e. The number of nitrogens with two attached hydrogens (primary N) is 1. The fourth-order valence-corrected chi connectivity index (χ4v) is 2.90. The van der Waals surface area contributed by atoms with E-state index in [-0.39, 0.29) is 18.5 Å². The highest BCUT2D eigenvalue weighted by Crippen LogP contribution is 2.30. The Labute approximate surface area is 125 Å². The van der Waals surface area contributed by atoms with Crippen LogP contribution in [0.2, 0.25) is 0 Å². The second kappa shape index (κ2) is 6.03. The molecule has 2 rings (SSSR count). The van der Waals surface area contributed by atoms with Gasteiger partial charge in [0.15, 0.2) is 0 Å². The number of carbonyl (C=O) groups excluding carboxylic acids is 1. The first-order valence-electron chi connectivity index (χ1n) is 6.86. The van der Waals surface area contributed by atoms with Gasteiger partial charge in [0.2, 0.25) is 15.9 Å². The van der Waals surface area contributed by atoms with Crippen LogP contribution in [0.25, 0.3) is 0 Å². The molecule has 116 valence electrons. The zero-order valence-electron chi connectivity index (χ0n) is 12.3. The van der Waals surface area contributed by atoms with Crippen LogP contribution in [0.15, 0.2) is 18.2 Å². The SMILES string of the molecule is CN(CC(=O)NC1CCCc2cc(N)ccc21)S(C)(=O)=O. The molecule has 0 heterocycles. The lowest BCUT2D eigenvalue weighted by Crippen LogP contribution is -2.40. The molecule has 1 atom stereocenters. The number of hydrogen-bond acceptors (Lipinski definition) is 4. The van der Waals surface area contributed by atoms with Gasteiger partial charge in [-0.3, -0.25) is 4.79 Å². The van der Waals surface area contributed by atoms with E-state index in [0.29, 0.717) is 0 Å². The Hall–Kier alpha value is -1.60. The van der Waals surface area contributed by atoms with Crippen molar-refractivity contribution in [3.8, 4) is 0 Å². The van der Waals surface area contributed by atoms with Crippen LogP contribution < -0.4 is 11.1 Å². The molecular formula is C14H21N3O3S. The van der Waals surface area contributed by atoms with E-state index >= 15 is 0 Å². The number of aryl methyl sites for hydroxylation is 1. The molecule has 0 saturated carbocycles. The maximum Gasteiger partial charge on any atom is 0.235 e. The Morgan fingerprint density at radius 1 is 1.48 bits per heavy atom. The number of hydrogen-bond donors (Lipinski definition) is 2. The van der Waals surface area contributed by atoms with E-state index in [1.54, 1.807) is 0 Å². The summed E-state index contributed by atoms with van der Waals surface area (Å²) in [4.78, 5) is 12.0. The topological polar surface area (TPSA) is 92.5 Å². The lowest BCUT2D eigenvalue weighted by Gasteiger charge is -2.27. The lowest BCUT2D eigenvalue weighted by molar-refractivity contribution is -0.122. The highest BCUT2D eigenvalue weighted by Gasteiger charge is 2.23. The van der Waals surface area contributed by atoms with Gasteiger partial charge in [0.25, 0.3) is 0 Å². The molecule has 21 heavy (non-hydrogen) atoms. The number of nitrogens with zero attached hydrogens (tertiary/aromatic N) is 1. The maximum atomic E-state index is 12.0. The number of benzene rings is 1. The van der Waals surface area contributed by atoms with Crippen molar-refractivity contribution in [1.82, 2.24) is 9.62 Å². The minimum absolute atomic E-state index is 0.0742. The molecule has 0 aliphatic heterocycles. The van der Waals surface area contributed by atoms with Crippen LogP contribution in [-0.2, 0) is 21.2 Å². The Kier molecular flexibility index (Phi) is 4.53. The number of sulfonamides is 1. The lowest BCUT2D eigenvalue weighted by atomic mass is 9.87. The highest BCUT2D eigenvalue weighted by molar-refractivity contribution is 7.88. The Bertz CT molecular complexity index is 643. The average Bonchev–Trinajstić information content (AvgIpc) is 2.37. The van der Waals surface area contributed by atoms with E-state index in [9.17, 15) is 13.2 Å². The number of amides is 1. The van der Waals surface area contributed by atoms with Crippen molar-refractivity contribution in [3.63, 3.8) is 0 Å². The summed E-state index contributed by atoms with van der Waals surface area (Å²) in [5.41, 5.74) is 8.73. The third kappa shape index (κ3) is 3.95. The number of nitrogens with one attached hydrogen (secondary N) is 1. The average molecular weight is 311 g/mol. The Balaban J connectivity index is 2.06. The van der Waals surface area contributed by atoms with Crippen LogP contribution in [0.5, 0.6) is 0 Å². The molecule has 6 nitrogen and oxygen atoms in total. The first-order valence-corrected chi connectivity index (χ1v) is 8.71. The predicted octanol–water partition coefficient (Wildman–Crippen LogP) is 0.654. The van der Waals surface area contributed by atoms with Gasteiger partial charge in [0.05, 0.1) is 18.8 Å². The number of nitrogen functional groups attached to an aromatic ring is 1. The molecule has 1 aliphatic rings. The molecule has 0 aromatic heterocycles. The van der Waals surface area contributed by atoms with E-state index in [1.165, 1.54) is 7.05 Å². The molecule has 1 aliphatic carbocycles. The summed E-state index contributed by atoms with van der Waals surface area (Å²) in [7, 11) is -1.96. The summed E-state index contributed by atoms with van der Waals surface area (Å²) in [5, 5.41) is 2.91.